The van der Waals surface area contributed by atoms with Gasteiger partial charge in [0.15, 0.2) is 0 Å². The van der Waals surface area contributed by atoms with Gasteiger partial charge in [0.25, 0.3) is 0 Å². The molecule has 120 valence electrons. The van der Waals surface area contributed by atoms with Crippen LogP contribution in [0, 0.1) is 11.3 Å². The highest BCUT2D eigenvalue weighted by atomic mass is 32.2. The van der Waals surface area contributed by atoms with Crippen LogP contribution in [0.1, 0.15) is 25.0 Å². The van der Waals surface area contributed by atoms with Gasteiger partial charge in [-0.2, -0.15) is 5.26 Å². The lowest BCUT2D eigenvalue weighted by atomic mass is 10.2. The number of nitrogens with one attached hydrogen (secondary N) is 2. The molecule has 7 heteroatoms. The zero-order chi connectivity index (χ0) is 16.9. The summed E-state index contributed by atoms with van der Waals surface area (Å²) >= 11 is 0. The third-order valence-corrected chi connectivity index (χ3v) is 4.62. The first kappa shape index (κ1) is 16.9. The van der Waals surface area contributed by atoms with E-state index >= 15 is 0 Å². The summed E-state index contributed by atoms with van der Waals surface area (Å²) in [5.41, 5.74) is 1.31. The van der Waals surface area contributed by atoms with E-state index in [0.29, 0.717) is 17.9 Å². The van der Waals surface area contributed by atoms with Crippen LogP contribution in [-0.4, -0.2) is 19.4 Å². The van der Waals surface area contributed by atoms with Gasteiger partial charge in [0.05, 0.1) is 10.5 Å². The molecular weight excluding hydrogens is 312 g/mol. The first-order chi connectivity index (χ1) is 10.9. The molecule has 0 atom stereocenters. The fourth-order valence-corrected chi connectivity index (χ4v) is 3.28. The Kier molecular flexibility index (Phi) is 5.32. The number of pyridine rings is 1. The summed E-state index contributed by atoms with van der Waals surface area (Å²) in [6, 6.07) is 12.0. The summed E-state index contributed by atoms with van der Waals surface area (Å²) in [5, 5.41) is 11.8. The Hall–Kier alpha value is -2.43. The SMILES string of the molecule is CC(C)NS(=O)(=O)c1cccc(CNc2ccc(C#N)cn2)c1. The normalized spacial score (nSPS) is 11.2. The Bertz CT molecular complexity index is 809. The highest BCUT2D eigenvalue weighted by molar-refractivity contribution is 7.89. The van der Waals surface area contributed by atoms with Crippen molar-refractivity contribution in [1.29, 1.82) is 5.26 Å². The highest BCUT2D eigenvalue weighted by Gasteiger charge is 2.15. The fraction of sp³-hybridized carbons (Fsp3) is 0.250. The van der Waals surface area contributed by atoms with Gasteiger partial charge in [-0.25, -0.2) is 18.1 Å². The minimum Gasteiger partial charge on any atom is -0.366 e. The summed E-state index contributed by atoms with van der Waals surface area (Å²) in [5.74, 6) is 0.623. The van der Waals surface area contributed by atoms with Crippen molar-refractivity contribution >= 4 is 15.8 Å². The monoisotopic (exact) mass is 330 g/mol. The molecule has 0 aliphatic rings. The predicted octanol–water partition coefficient (Wildman–Crippen LogP) is 2.25. The van der Waals surface area contributed by atoms with E-state index in [9.17, 15) is 8.42 Å². The maximum atomic E-state index is 12.2. The third kappa shape index (κ3) is 4.77. The maximum Gasteiger partial charge on any atom is 0.240 e. The van der Waals surface area contributed by atoms with Crippen LogP contribution in [0.4, 0.5) is 5.82 Å². The van der Waals surface area contributed by atoms with E-state index in [2.05, 4.69) is 15.0 Å². The second kappa shape index (κ2) is 7.22. The molecule has 1 heterocycles. The molecule has 0 bridgehead atoms. The van der Waals surface area contributed by atoms with Crippen molar-refractivity contribution in [2.24, 2.45) is 0 Å². The molecule has 0 fully saturated rings. The molecule has 23 heavy (non-hydrogen) atoms. The predicted molar refractivity (Wildman–Crippen MR) is 88.2 cm³/mol. The van der Waals surface area contributed by atoms with Gasteiger partial charge in [0.1, 0.15) is 11.9 Å². The summed E-state index contributed by atoms with van der Waals surface area (Å²) < 4.78 is 26.9. The molecule has 0 aliphatic heterocycles. The number of nitriles is 1. The quantitative estimate of drug-likeness (QED) is 0.847. The Morgan fingerprint density at radius 3 is 2.65 bits per heavy atom. The smallest absolute Gasteiger partial charge is 0.240 e. The number of anilines is 1. The van der Waals surface area contributed by atoms with E-state index in [1.165, 1.54) is 6.20 Å². The number of aromatic nitrogens is 1. The number of benzene rings is 1. The van der Waals surface area contributed by atoms with Crippen LogP contribution in [0.5, 0.6) is 0 Å². The molecule has 1 aromatic heterocycles. The number of hydrogen-bond donors (Lipinski definition) is 2. The van der Waals surface area contributed by atoms with Crippen LogP contribution in [-0.2, 0) is 16.6 Å². The minimum atomic E-state index is -3.50. The molecule has 0 spiro atoms. The Morgan fingerprint density at radius 2 is 2.04 bits per heavy atom. The topological polar surface area (TPSA) is 94.9 Å². The van der Waals surface area contributed by atoms with Crippen molar-refractivity contribution < 1.29 is 8.42 Å². The highest BCUT2D eigenvalue weighted by Crippen LogP contribution is 2.13. The third-order valence-electron chi connectivity index (χ3n) is 2.97. The Labute approximate surface area is 136 Å². The molecule has 0 saturated carbocycles. The molecule has 0 saturated heterocycles. The number of rotatable bonds is 6. The van der Waals surface area contributed by atoms with Crippen LogP contribution in [0.15, 0.2) is 47.5 Å². The molecule has 2 rings (SSSR count). The van der Waals surface area contributed by atoms with Gasteiger partial charge >= 0.3 is 0 Å². The van der Waals surface area contributed by atoms with Crippen molar-refractivity contribution in [3.05, 3.63) is 53.7 Å². The van der Waals surface area contributed by atoms with Gasteiger partial charge in [-0.15, -0.1) is 0 Å². The summed E-state index contributed by atoms with van der Waals surface area (Å²) in [4.78, 5) is 4.35. The fourth-order valence-electron chi connectivity index (χ4n) is 1.96. The first-order valence-corrected chi connectivity index (χ1v) is 8.60. The van der Waals surface area contributed by atoms with Gasteiger partial charge in [-0.3, -0.25) is 0 Å². The van der Waals surface area contributed by atoms with E-state index in [4.69, 9.17) is 5.26 Å². The van der Waals surface area contributed by atoms with Gasteiger partial charge in [0.2, 0.25) is 10.0 Å². The second-order valence-electron chi connectivity index (χ2n) is 5.32. The average molecular weight is 330 g/mol. The van der Waals surface area contributed by atoms with Crippen molar-refractivity contribution in [3.8, 4) is 6.07 Å². The molecule has 2 N–H and O–H groups in total. The van der Waals surface area contributed by atoms with E-state index < -0.39 is 10.0 Å². The summed E-state index contributed by atoms with van der Waals surface area (Å²) in [7, 11) is -3.50. The van der Waals surface area contributed by atoms with Gasteiger partial charge in [-0.1, -0.05) is 12.1 Å². The molecule has 0 aliphatic carbocycles. The first-order valence-electron chi connectivity index (χ1n) is 7.12. The molecule has 0 amide bonds. The Morgan fingerprint density at radius 1 is 1.26 bits per heavy atom. The van der Waals surface area contributed by atoms with Crippen molar-refractivity contribution in [2.75, 3.05) is 5.32 Å². The maximum absolute atomic E-state index is 12.2. The lowest BCUT2D eigenvalue weighted by molar-refractivity contribution is 0.569. The molecular formula is C16H18N4O2S. The lowest BCUT2D eigenvalue weighted by Crippen LogP contribution is -2.30. The lowest BCUT2D eigenvalue weighted by Gasteiger charge is -2.11. The molecule has 1 aromatic carbocycles. The summed E-state index contributed by atoms with van der Waals surface area (Å²) in [6.45, 7) is 3.99. The van der Waals surface area contributed by atoms with Gasteiger partial charge in [-0.05, 0) is 43.7 Å². The number of nitrogens with zero attached hydrogens (tertiary/aromatic N) is 2. The van der Waals surface area contributed by atoms with Gasteiger partial charge < -0.3 is 5.32 Å². The van der Waals surface area contributed by atoms with E-state index in [0.717, 1.165) is 5.56 Å². The average Bonchev–Trinajstić information content (AvgIpc) is 2.52. The second-order valence-corrected chi connectivity index (χ2v) is 7.03. The zero-order valence-electron chi connectivity index (χ0n) is 12.9. The van der Waals surface area contributed by atoms with E-state index in [1.807, 2.05) is 12.1 Å². The molecule has 2 aromatic rings. The van der Waals surface area contributed by atoms with Crippen LogP contribution < -0.4 is 10.0 Å². The van der Waals surface area contributed by atoms with Crippen molar-refractivity contribution in [2.45, 2.75) is 31.3 Å². The van der Waals surface area contributed by atoms with E-state index in [1.54, 1.807) is 44.2 Å². The van der Waals surface area contributed by atoms with Crippen LogP contribution in [0.25, 0.3) is 0 Å². The van der Waals surface area contributed by atoms with Crippen LogP contribution >= 0.6 is 0 Å². The molecule has 0 radical (unpaired) electrons. The standard InChI is InChI=1S/C16H18N4O2S/c1-12(2)20-23(21,22)15-5-3-4-13(8-15)10-18-16-7-6-14(9-17)11-19-16/h3-8,11-12,20H,10H2,1-2H3,(H,18,19). The molecule has 0 unspecified atom stereocenters. The zero-order valence-corrected chi connectivity index (χ0v) is 13.8. The van der Waals surface area contributed by atoms with Crippen molar-refractivity contribution in [1.82, 2.24) is 9.71 Å². The minimum absolute atomic E-state index is 0.162. The largest absolute Gasteiger partial charge is 0.366 e. The number of sulfonamides is 1. The van der Waals surface area contributed by atoms with Crippen molar-refractivity contribution in [3.63, 3.8) is 0 Å². The molecule has 6 nitrogen and oxygen atoms in total. The van der Waals surface area contributed by atoms with Gasteiger partial charge in [0, 0.05) is 18.8 Å². The Balaban J connectivity index is 2.09. The van der Waals surface area contributed by atoms with Crippen LogP contribution in [0.3, 0.4) is 0 Å². The summed E-state index contributed by atoms with van der Waals surface area (Å²) in [6.07, 6.45) is 1.48. The number of hydrogen-bond acceptors (Lipinski definition) is 5. The van der Waals surface area contributed by atoms with Crippen LogP contribution in [0.2, 0.25) is 0 Å². The van der Waals surface area contributed by atoms with E-state index in [-0.39, 0.29) is 10.9 Å².